The van der Waals surface area contributed by atoms with E-state index in [1.54, 1.807) is 24.3 Å². The van der Waals surface area contributed by atoms with Crippen molar-refractivity contribution in [1.82, 2.24) is 9.80 Å². The van der Waals surface area contributed by atoms with Gasteiger partial charge < -0.3 is 4.90 Å². The molecule has 3 nitrogen and oxygen atoms in total. The van der Waals surface area contributed by atoms with Crippen LogP contribution in [0.15, 0.2) is 24.3 Å². The highest BCUT2D eigenvalue weighted by Crippen LogP contribution is 2.30. The Morgan fingerprint density at radius 3 is 2.62 bits per heavy atom. The zero-order valence-corrected chi connectivity index (χ0v) is 15.6. The predicted octanol–water partition coefficient (Wildman–Crippen LogP) is 4.48. The molecule has 1 saturated heterocycles. The Bertz CT molecular complexity index is 626. The van der Waals surface area contributed by atoms with E-state index in [1.165, 1.54) is 38.8 Å². The van der Waals surface area contributed by atoms with Crippen LogP contribution < -0.4 is 0 Å². The molecule has 0 N–H and O–H groups in total. The first-order valence-corrected chi connectivity index (χ1v) is 9.46. The number of hydrogen-bond donors (Lipinski definition) is 0. The van der Waals surface area contributed by atoms with E-state index < -0.39 is 0 Å². The van der Waals surface area contributed by atoms with Crippen molar-refractivity contribution < 1.29 is 4.79 Å². The van der Waals surface area contributed by atoms with Crippen molar-refractivity contribution >= 4 is 35.2 Å². The first-order valence-electron chi connectivity index (χ1n) is 8.70. The molecule has 0 spiro atoms. The van der Waals surface area contributed by atoms with Crippen LogP contribution in [-0.4, -0.2) is 47.9 Å². The number of nitrogens with zero attached hydrogens (tertiary/aromatic N) is 2. The van der Waals surface area contributed by atoms with Gasteiger partial charge in [0.25, 0.3) is 0 Å². The van der Waals surface area contributed by atoms with Gasteiger partial charge in [0.1, 0.15) is 0 Å². The van der Waals surface area contributed by atoms with E-state index in [0.29, 0.717) is 22.1 Å². The van der Waals surface area contributed by atoms with Crippen LogP contribution in [0.4, 0.5) is 0 Å². The number of likely N-dealkylation sites (tertiary alicyclic amines) is 1. The summed E-state index contributed by atoms with van der Waals surface area (Å²) >= 11 is 11.9. The maximum atomic E-state index is 12.6. The number of likely N-dealkylation sites (N-methyl/N-ethyl adjacent to an activating group) is 1. The number of hydrogen-bond acceptors (Lipinski definition) is 2. The van der Waals surface area contributed by atoms with Crippen molar-refractivity contribution in [3.8, 4) is 0 Å². The second kappa shape index (κ2) is 7.90. The van der Waals surface area contributed by atoms with E-state index >= 15 is 0 Å². The first kappa shape index (κ1) is 17.8. The Hall–Kier alpha value is -1.03. The highest BCUT2D eigenvalue weighted by Gasteiger charge is 2.36. The average molecular weight is 367 g/mol. The van der Waals surface area contributed by atoms with Gasteiger partial charge in [-0.05, 0) is 69.0 Å². The van der Waals surface area contributed by atoms with Crippen molar-refractivity contribution in [3.63, 3.8) is 0 Å². The molecule has 0 aromatic heterocycles. The van der Waals surface area contributed by atoms with E-state index in [9.17, 15) is 4.79 Å². The van der Waals surface area contributed by atoms with E-state index in [4.69, 9.17) is 23.2 Å². The lowest BCUT2D eigenvalue weighted by Crippen LogP contribution is -2.48. The van der Waals surface area contributed by atoms with Crippen LogP contribution in [0.1, 0.15) is 37.7 Å². The average Bonchev–Trinajstić information content (AvgIpc) is 3.25. The summed E-state index contributed by atoms with van der Waals surface area (Å²) in [4.78, 5) is 17.1. The van der Waals surface area contributed by atoms with E-state index in [0.717, 1.165) is 12.0 Å². The molecular formula is C19H24Cl2N2O. The fourth-order valence-corrected chi connectivity index (χ4v) is 4.24. The maximum Gasteiger partial charge on any atom is 0.246 e. The third-order valence-electron chi connectivity index (χ3n) is 5.26. The summed E-state index contributed by atoms with van der Waals surface area (Å²) in [5, 5.41) is 1.03. The van der Waals surface area contributed by atoms with Crippen LogP contribution in [0.3, 0.4) is 0 Å². The van der Waals surface area contributed by atoms with Gasteiger partial charge in [0, 0.05) is 25.2 Å². The van der Waals surface area contributed by atoms with Gasteiger partial charge in [-0.15, -0.1) is 0 Å². The SMILES string of the molecule is CN(C(=O)C=Cc1ccc(Cl)c(Cl)c1)C1CCCC1N1CCCC1. The van der Waals surface area contributed by atoms with Gasteiger partial charge in [-0.25, -0.2) is 0 Å². The molecule has 2 aliphatic rings. The molecule has 1 saturated carbocycles. The van der Waals surface area contributed by atoms with Crippen LogP contribution in [0, 0.1) is 0 Å². The topological polar surface area (TPSA) is 23.6 Å². The minimum Gasteiger partial charge on any atom is -0.338 e. The second-order valence-electron chi connectivity index (χ2n) is 6.76. The molecule has 0 radical (unpaired) electrons. The minimum absolute atomic E-state index is 0.0529. The van der Waals surface area contributed by atoms with Crippen LogP contribution in [0.5, 0.6) is 0 Å². The van der Waals surface area contributed by atoms with Crippen LogP contribution >= 0.6 is 23.2 Å². The molecule has 1 heterocycles. The number of rotatable bonds is 4. The van der Waals surface area contributed by atoms with Gasteiger partial charge >= 0.3 is 0 Å². The highest BCUT2D eigenvalue weighted by atomic mass is 35.5. The third kappa shape index (κ3) is 3.96. The van der Waals surface area contributed by atoms with Gasteiger partial charge in [0.2, 0.25) is 5.91 Å². The molecule has 2 unspecified atom stereocenters. The van der Waals surface area contributed by atoms with E-state index in [2.05, 4.69) is 4.90 Å². The molecule has 2 atom stereocenters. The Kier molecular flexibility index (Phi) is 5.85. The van der Waals surface area contributed by atoms with E-state index in [-0.39, 0.29) is 5.91 Å². The van der Waals surface area contributed by atoms with Crippen molar-refractivity contribution in [2.75, 3.05) is 20.1 Å². The summed E-state index contributed by atoms with van der Waals surface area (Å²) in [7, 11) is 1.93. The molecule has 3 rings (SSSR count). The lowest BCUT2D eigenvalue weighted by Gasteiger charge is -2.34. The molecule has 1 amide bonds. The Morgan fingerprint density at radius 1 is 1.17 bits per heavy atom. The Morgan fingerprint density at radius 2 is 1.92 bits per heavy atom. The van der Waals surface area contributed by atoms with Crippen molar-refractivity contribution in [3.05, 3.63) is 39.9 Å². The highest BCUT2D eigenvalue weighted by molar-refractivity contribution is 6.42. The fourth-order valence-electron chi connectivity index (χ4n) is 3.94. The summed E-state index contributed by atoms with van der Waals surface area (Å²) in [6, 6.07) is 6.24. The molecule has 1 aliphatic heterocycles. The summed E-state index contributed by atoms with van der Waals surface area (Å²) in [6.45, 7) is 2.37. The molecule has 24 heavy (non-hydrogen) atoms. The zero-order chi connectivity index (χ0) is 17.1. The van der Waals surface area contributed by atoms with Crippen molar-refractivity contribution in [2.45, 2.75) is 44.2 Å². The fraction of sp³-hybridized carbons (Fsp3) is 0.526. The number of carbonyl (C=O) groups is 1. The molecule has 1 aromatic rings. The third-order valence-corrected chi connectivity index (χ3v) is 6.00. The quantitative estimate of drug-likeness (QED) is 0.733. The van der Waals surface area contributed by atoms with Gasteiger partial charge in [0.15, 0.2) is 0 Å². The lowest BCUT2D eigenvalue weighted by atomic mass is 10.1. The Labute approximate surface area is 154 Å². The summed E-state index contributed by atoms with van der Waals surface area (Å²) in [5.74, 6) is 0.0529. The first-order chi connectivity index (χ1) is 11.6. The smallest absolute Gasteiger partial charge is 0.246 e. The number of amides is 1. The van der Waals surface area contributed by atoms with Gasteiger partial charge in [-0.2, -0.15) is 0 Å². The largest absolute Gasteiger partial charge is 0.338 e. The number of carbonyl (C=O) groups excluding carboxylic acids is 1. The molecule has 1 aromatic carbocycles. The second-order valence-corrected chi connectivity index (χ2v) is 7.58. The Balaban J connectivity index is 1.65. The maximum absolute atomic E-state index is 12.6. The van der Waals surface area contributed by atoms with Gasteiger partial charge in [0.05, 0.1) is 10.0 Å². The van der Waals surface area contributed by atoms with Gasteiger partial charge in [-0.1, -0.05) is 29.3 Å². The van der Waals surface area contributed by atoms with E-state index in [1.807, 2.05) is 18.0 Å². The zero-order valence-electron chi connectivity index (χ0n) is 14.0. The summed E-state index contributed by atoms with van der Waals surface area (Å²) < 4.78 is 0. The lowest BCUT2D eigenvalue weighted by molar-refractivity contribution is -0.127. The van der Waals surface area contributed by atoms with Gasteiger partial charge in [-0.3, -0.25) is 9.69 Å². The summed E-state index contributed by atoms with van der Waals surface area (Å²) in [5.41, 5.74) is 0.883. The number of benzene rings is 1. The standard InChI is InChI=1S/C19H24Cl2N2O/c1-22(17-5-4-6-18(17)23-11-2-3-12-23)19(24)10-8-14-7-9-15(20)16(21)13-14/h7-10,13,17-18H,2-6,11-12H2,1H3. The molecule has 1 aliphatic carbocycles. The molecule has 5 heteroatoms. The predicted molar refractivity (Wildman–Crippen MR) is 101 cm³/mol. The molecular weight excluding hydrogens is 343 g/mol. The molecule has 0 bridgehead atoms. The van der Waals surface area contributed by atoms with Crippen molar-refractivity contribution in [1.29, 1.82) is 0 Å². The molecule has 130 valence electrons. The molecule has 2 fully saturated rings. The number of halogens is 2. The van der Waals surface area contributed by atoms with Crippen molar-refractivity contribution in [2.24, 2.45) is 0 Å². The van der Waals surface area contributed by atoms with Crippen LogP contribution in [0.2, 0.25) is 10.0 Å². The normalized spacial score (nSPS) is 24.8. The van der Waals surface area contributed by atoms with Crippen LogP contribution in [-0.2, 0) is 4.79 Å². The monoisotopic (exact) mass is 366 g/mol. The minimum atomic E-state index is 0.0529. The van der Waals surface area contributed by atoms with Crippen LogP contribution in [0.25, 0.3) is 6.08 Å². The summed E-state index contributed by atoms with van der Waals surface area (Å²) in [6.07, 6.45) is 9.54.